The van der Waals surface area contributed by atoms with Crippen LogP contribution in [0.15, 0.2) is 60.7 Å². The van der Waals surface area contributed by atoms with Crippen molar-refractivity contribution in [2.24, 2.45) is 0 Å². The molecular weight excluding hydrogens is 553 g/mol. The second-order valence-corrected chi connectivity index (χ2v) is 9.84. The van der Waals surface area contributed by atoms with Gasteiger partial charge in [-0.05, 0) is 68.0 Å². The van der Waals surface area contributed by atoms with Crippen LogP contribution in [0.1, 0.15) is 56.6 Å². The van der Waals surface area contributed by atoms with Gasteiger partial charge in [-0.25, -0.2) is 8.42 Å². The fourth-order valence-corrected chi connectivity index (χ4v) is 5.46. The van der Waals surface area contributed by atoms with E-state index >= 15 is 0 Å². The molecule has 4 nitrogen and oxygen atoms in total. The molecule has 3 aromatic rings. The van der Waals surface area contributed by atoms with Crippen LogP contribution >= 0.6 is 9.69 Å². The molecule has 0 radical (unpaired) electrons. The molecule has 0 saturated carbocycles. The van der Waals surface area contributed by atoms with Crippen molar-refractivity contribution in [2.75, 3.05) is 0 Å². The van der Waals surface area contributed by atoms with E-state index in [1.165, 1.54) is 5.56 Å². The van der Waals surface area contributed by atoms with E-state index in [0.29, 0.717) is 0 Å². The van der Waals surface area contributed by atoms with E-state index in [1.807, 2.05) is 106 Å². The van der Waals surface area contributed by atoms with E-state index in [0.717, 1.165) is 38.9 Å². The molecule has 0 aliphatic heterocycles. The Morgan fingerprint density at radius 1 is 0.765 bits per heavy atom. The summed E-state index contributed by atoms with van der Waals surface area (Å²) in [6.07, 6.45) is 0. The van der Waals surface area contributed by atoms with Crippen LogP contribution in [0, 0.1) is 42.0 Å². The van der Waals surface area contributed by atoms with Crippen molar-refractivity contribution >= 4 is 19.7 Å². The zero-order valence-electron chi connectivity index (χ0n) is 20.5. The fourth-order valence-electron chi connectivity index (χ4n) is 3.99. The summed E-state index contributed by atoms with van der Waals surface area (Å²) in [5.74, 6) is -0.155. The standard InChI is InChI=1S/C26H30N2O2S.CH3.ClH.Ru/c1-17-18(2)20(4)24(21(5)19(17)3)16-31(29,30)28-26(23-14-10-7-11-15-23)25(27)22-12-8-6-9-13-22;;;/h6-15,25-27H,16H2,1-5H3;1H3;1H;/q-2;-1;;+4/p-1. The van der Waals surface area contributed by atoms with Crippen molar-refractivity contribution in [3.05, 3.63) is 123 Å². The van der Waals surface area contributed by atoms with Gasteiger partial charge in [0.2, 0.25) is 0 Å². The first-order valence-electron chi connectivity index (χ1n) is 10.6. The summed E-state index contributed by atoms with van der Waals surface area (Å²) >= 11 is 1.82. The molecule has 0 bridgehead atoms. The van der Waals surface area contributed by atoms with Gasteiger partial charge in [0.25, 0.3) is 0 Å². The molecule has 0 aliphatic carbocycles. The van der Waals surface area contributed by atoms with E-state index in [9.17, 15) is 8.42 Å². The predicted molar refractivity (Wildman–Crippen MR) is 141 cm³/mol. The van der Waals surface area contributed by atoms with Crippen LogP contribution in [0.2, 0.25) is 0 Å². The maximum atomic E-state index is 13.3. The van der Waals surface area contributed by atoms with Crippen LogP contribution in [-0.4, -0.2) is 8.42 Å². The molecule has 2 atom stereocenters. The number of nitrogens with one attached hydrogen (secondary N) is 1. The zero-order valence-corrected chi connectivity index (χ0v) is 23.8. The monoisotopic (exact) mass is 586 g/mol. The fraction of sp³-hybridized carbons (Fsp3) is 0.296. The van der Waals surface area contributed by atoms with Crippen LogP contribution in [0.5, 0.6) is 0 Å². The van der Waals surface area contributed by atoms with Crippen molar-refractivity contribution in [1.82, 2.24) is 0 Å². The van der Waals surface area contributed by atoms with Crippen LogP contribution < -0.4 is 0 Å². The number of halogens is 1. The first-order valence-corrected chi connectivity index (χ1v) is 14.4. The molecule has 0 fully saturated rings. The topological polar surface area (TPSA) is 72.0 Å². The third kappa shape index (κ3) is 7.22. The number of hydrogen-bond acceptors (Lipinski definition) is 2. The molecule has 0 aliphatic rings. The number of hydrogen-bond donors (Lipinski definition) is 0. The molecule has 34 heavy (non-hydrogen) atoms. The molecule has 3 aromatic carbocycles. The minimum absolute atomic E-state index is 0. The Morgan fingerprint density at radius 2 is 1.15 bits per heavy atom. The zero-order chi connectivity index (χ0) is 24.8. The van der Waals surface area contributed by atoms with Crippen LogP contribution in [0.4, 0.5) is 0 Å². The quantitative estimate of drug-likeness (QED) is 0.207. The Bertz CT molecular complexity index is 1140. The molecule has 0 spiro atoms. The minimum atomic E-state index is -3.82. The van der Waals surface area contributed by atoms with Gasteiger partial charge in [0, 0.05) is 0 Å². The summed E-state index contributed by atoms with van der Waals surface area (Å²) in [6, 6.07) is 16.9. The van der Waals surface area contributed by atoms with E-state index < -0.39 is 22.1 Å². The summed E-state index contributed by atoms with van der Waals surface area (Å²) in [6.45, 7) is 10.1. The molecule has 2 unspecified atom stereocenters. The van der Waals surface area contributed by atoms with Gasteiger partial charge < -0.3 is 17.9 Å². The van der Waals surface area contributed by atoms with Gasteiger partial charge in [0.05, 0.1) is 15.8 Å². The normalized spacial score (nSPS) is 12.7. The van der Waals surface area contributed by atoms with Crippen molar-refractivity contribution in [2.45, 2.75) is 52.5 Å². The molecule has 7 heteroatoms. The van der Waals surface area contributed by atoms with Gasteiger partial charge in [-0.3, -0.25) is 0 Å². The Kier molecular flexibility index (Phi) is 12.1. The SMILES string of the molecule is Cc1c(C)c(C)c(CS(=O)(=O)[N-]C(c2ccccc2)C([NH-])c2ccccc2)c(C)c1C.[CH3-].[Cl][Ru+3]. The average molecular weight is 586 g/mol. The molecule has 0 amide bonds. The number of sulfonamides is 1. The van der Waals surface area contributed by atoms with Crippen molar-refractivity contribution in [1.29, 1.82) is 0 Å². The Hall–Kier alpha value is -1.56. The van der Waals surface area contributed by atoms with Crippen molar-refractivity contribution < 1.29 is 25.7 Å². The summed E-state index contributed by atoms with van der Waals surface area (Å²) in [5, 5.41) is 0. The van der Waals surface area contributed by atoms with Gasteiger partial charge in [-0.2, -0.15) is 0 Å². The molecule has 0 saturated heterocycles. The Balaban J connectivity index is 0.00000188. The number of benzene rings is 3. The number of nitrogens with zero attached hydrogens (tertiary/aromatic N) is 1. The third-order valence-corrected chi connectivity index (χ3v) is 7.57. The van der Waals surface area contributed by atoms with E-state index in [-0.39, 0.29) is 13.2 Å². The van der Waals surface area contributed by atoms with Crippen molar-refractivity contribution in [3.8, 4) is 0 Å². The van der Waals surface area contributed by atoms with Gasteiger partial charge in [0.1, 0.15) is 0 Å². The first-order chi connectivity index (χ1) is 15.6. The molecule has 184 valence electrons. The molecule has 1 N–H and O–H groups in total. The Labute approximate surface area is 220 Å². The van der Waals surface area contributed by atoms with E-state index in [1.54, 1.807) is 0 Å². The van der Waals surface area contributed by atoms with Gasteiger partial charge in [-0.1, -0.05) is 71.8 Å². The molecule has 3 rings (SSSR count). The second kappa shape index (κ2) is 13.5. The maximum absolute atomic E-state index is 13.3. The van der Waals surface area contributed by atoms with Crippen LogP contribution in [0.3, 0.4) is 0 Å². The first kappa shape index (κ1) is 30.5. The van der Waals surface area contributed by atoms with Gasteiger partial charge in [0.15, 0.2) is 0 Å². The Morgan fingerprint density at radius 3 is 1.59 bits per heavy atom. The van der Waals surface area contributed by atoms with Crippen LogP contribution in [0.25, 0.3) is 10.5 Å². The van der Waals surface area contributed by atoms with Crippen LogP contribution in [-0.2, 0) is 33.1 Å². The molecule has 0 heterocycles. The second-order valence-electron chi connectivity index (χ2n) is 8.18. The average Bonchev–Trinajstić information content (AvgIpc) is 2.84. The third-order valence-electron chi connectivity index (χ3n) is 6.37. The molecule has 0 aromatic heterocycles. The van der Waals surface area contributed by atoms with Crippen molar-refractivity contribution in [3.63, 3.8) is 0 Å². The summed E-state index contributed by atoms with van der Waals surface area (Å²) in [5.41, 5.74) is 16.5. The van der Waals surface area contributed by atoms with Gasteiger partial charge in [-0.15, -0.1) is 12.1 Å². The van der Waals surface area contributed by atoms with E-state index in [2.05, 4.69) is 21.3 Å². The summed E-state index contributed by atoms with van der Waals surface area (Å²) < 4.78 is 30.9. The number of rotatable bonds is 7. The summed E-state index contributed by atoms with van der Waals surface area (Å²) in [4.78, 5) is 0. The molecular formula is C27H33ClN2O2RuS. The predicted octanol–water partition coefficient (Wildman–Crippen LogP) is 8.10. The van der Waals surface area contributed by atoms with E-state index in [4.69, 9.17) is 5.73 Å². The van der Waals surface area contributed by atoms with Gasteiger partial charge >= 0.3 is 27.0 Å². The summed E-state index contributed by atoms with van der Waals surface area (Å²) in [7, 11) is 0.748.